The smallest absolute Gasteiger partial charge is 0.255 e. The molecule has 0 atom stereocenters. The zero-order chi connectivity index (χ0) is 16.4. The fourth-order valence-electron chi connectivity index (χ4n) is 2.47. The Hall–Kier alpha value is -1.86. The molecule has 120 valence electrons. The highest BCUT2D eigenvalue weighted by Crippen LogP contribution is 2.25. The third-order valence-corrected chi connectivity index (χ3v) is 6.00. The number of carbonyl (C=O) groups excluding carboxylic acids is 1. The van der Waals surface area contributed by atoms with Crippen LogP contribution in [-0.4, -0.2) is 26.6 Å². The van der Waals surface area contributed by atoms with Crippen molar-refractivity contribution in [2.24, 2.45) is 0 Å². The van der Waals surface area contributed by atoms with Gasteiger partial charge in [-0.25, -0.2) is 8.42 Å². The first kappa shape index (κ1) is 16.0. The first-order chi connectivity index (χ1) is 11.0. The van der Waals surface area contributed by atoms with Crippen LogP contribution in [0.1, 0.15) is 16.8 Å². The Morgan fingerprint density at radius 3 is 2.52 bits per heavy atom. The Balaban J connectivity index is 1.82. The van der Waals surface area contributed by atoms with E-state index in [-0.39, 0.29) is 11.7 Å². The highest BCUT2D eigenvalue weighted by molar-refractivity contribution is 9.10. The first-order valence-electron chi connectivity index (χ1n) is 7.13. The van der Waals surface area contributed by atoms with Crippen LogP contribution >= 0.6 is 15.9 Å². The first-order valence-corrected chi connectivity index (χ1v) is 9.53. The summed E-state index contributed by atoms with van der Waals surface area (Å²) >= 11 is 3.34. The number of rotatable bonds is 3. The SMILES string of the molecule is O=C(Nc1ccc(Br)cc1)c1cccc(N2CCCS2(=O)=O)c1. The molecule has 1 aliphatic rings. The minimum absolute atomic E-state index is 0.155. The van der Waals surface area contributed by atoms with Gasteiger partial charge in [-0.3, -0.25) is 9.10 Å². The Morgan fingerprint density at radius 2 is 1.87 bits per heavy atom. The zero-order valence-corrected chi connectivity index (χ0v) is 14.6. The standard InChI is InChI=1S/C16H15BrN2O3S/c17-13-5-7-14(8-6-13)18-16(20)12-3-1-4-15(11-12)19-9-2-10-23(19,21)22/h1,3-8,11H,2,9-10H2,(H,18,20). The summed E-state index contributed by atoms with van der Waals surface area (Å²) < 4.78 is 26.3. The van der Waals surface area contributed by atoms with E-state index in [2.05, 4.69) is 21.2 Å². The number of hydrogen-bond acceptors (Lipinski definition) is 3. The lowest BCUT2D eigenvalue weighted by Gasteiger charge is -2.17. The van der Waals surface area contributed by atoms with Gasteiger partial charge in [0.2, 0.25) is 10.0 Å². The second-order valence-electron chi connectivity index (χ2n) is 5.25. The van der Waals surface area contributed by atoms with Crippen LogP contribution < -0.4 is 9.62 Å². The van der Waals surface area contributed by atoms with Crippen LogP contribution in [0.4, 0.5) is 11.4 Å². The van der Waals surface area contributed by atoms with Gasteiger partial charge >= 0.3 is 0 Å². The van der Waals surface area contributed by atoms with Gasteiger partial charge in [0.1, 0.15) is 0 Å². The maximum atomic E-state index is 12.3. The maximum Gasteiger partial charge on any atom is 0.255 e. The van der Waals surface area contributed by atoms with Crippen molar-refractivity contribution >= 4 is 43.2 Å². The molecule has 1 aliphatic heterocycles. The monoisotopic (exact) mass is 394 g/mol. The molecule has 1 saturated heterocycles. The lowest BCUT2D eigenvalue weighted by Crippen LogP contribution is -2.25. The Bertz CT molecular complexity index is 835. The number of nitrogens with one attached hydrogen (secondary N) is 1. The van der Waals surface area contributed by atoms with Gasteiger partial charge in [-0.2, -0.15) is 0 Å². The molecule has 1 heterocycles. The van der Waals surface area contributed by atoms with Gasteiger partial charge in [-0.05, 0) is 48.9 Å². The van der Waals surface area contributed by atoms with Crippen LogP contribution in [0.3, 0.4) is 0 Å². The number of nitrogens with zero attached hydrogens (tertiary/aromatic N) is 1. The molecule has 0 unspecified atom stereocenters. The summed E-state index contributed by atoms with van der Waals surface area (Å²) in [6.07, 6.45) is 0.609. The van der Waals surface area contributed by atoms with Crippen LogP contribution in [0.15, 0.2) is 53.0 Å². The van der Waals surface area contributed by atoms with Crippen LogP contribution in [0.5, 0.6) is 0 Å². The Labute approximate surface area is 143 Å². The predicted molar refractivity (Wildman–Crippen MR) is 94.3 cm³/mol. The van der Waals surface area contributed by atoms with Crippen LogP contribution in [0.2, 0.25) is 0 Å². The second kappa shape index (κ2) is 6.33. The molecule has 23 heavy (non-hydrogen) atoms. The third kappa shape index (κ3) is 3.56. The number of hydrogen-bond donors (Lipinski definition) is 1. The molecule has 1 N–H and O–H groups in total. The van der Waals surface area contributed by atoms with Gasteiger partial charge in [-0.1, -0.05) is 22.0 Å². The fourth-order valence-corrected chi connectivity index (χ4v) is 4.29. The summed E-state index contributed by atoms with van der Waals surface area (Å²) in [6, 6.07) is 13.9. The molecule has 0 aliphatic carbocycles. The van der Waals surface area contributed by atoms with Crippen molar-refractivity contribution in [1.82, 2.24) is 0 Å². The van der Waals surface area contributed by atoms with E-state index in [1.165, 1.54) is 4.31 Å². The summed E-state index contributed by atoms with van der Waals surface area (Å²) in [4.78, 5) is 12.3. The van der Waals surface area contributed by atoms with Crippen molar-refractivity contribution in [3.05, 3.63) is 58.6 Å². The van der Waals surface area contributed by atoms with E-state index in [4.69, 9.17) is 0 Å². The van der Waals surface area contributed by atoms with Crippen molar-refractivity contribution in [3.8, 4) is 0 Å². The zero-order valence-electron chi connectivity index (χ0n) is 12.2. The van der Waals surface area contributed by atoms with Gasteiger partial charge < -0.3 is 5.32 Å². The average Bonchev–Trinajstić information content (AvgIpc) is 2.89. The Morgan fingerprint density at radius 1 is 1.13 bits per heavy atom. The fraction of sp³-hybridized carbons (Fsp3) is 0.188. The van der Waals surface area contributed by atoms with E-state index < -0.39 is 10.0 Å². The van der Waals surface area contributed by atoms with Gasteiger partial charge in [0.15, 0.2) is 0 Å². The molecule has 7 heteroatoms. The minimum Gasteiger partial charge on any atom is -0.322 e. The predicted octanol–water partition coefficient (Wildman–Crippen LogP) is 3.24. The minimum atomic E-state index is -3.25. The summed E-state index contributed by atoms with van der Waals surface area (Å²) in [5.41, 5.74) is 1.64. The van der Waals surface area contributed by atoms with Crippen LogP contribution in [-0.2, 0) is 10.0 Å². The lowest BCUT2D eigenvalue weighted by atomic mass is 10.2. The molecular formula is C16H15BrN2O3S. The van der Waals surface area contributed by atoms with Crippen molar-refractivity contribution in [3.63, 3.8) is 0 Å². The van der Waals surface area contributed by atoms with E-state index in [1.54, 1.807) is 36.4 Å². The van der Waals surface area contributed by atoms with Crippen molar-refractivity contribution in [1.29, 1.82) is 0 Å². The number of halogens is 1. The number of anilines is 2. The topological polar surface area (TPSA) is 66.5 Å². The number of amides is 1. The largest absolute Gasteiger partial charge is 0.322 e. The van der Waals surface area contributed by atoms with E-state index in [0.29, 0.717) is 29.9 Å². The van der Waals surface area contributed by atoms with Crippen LogP contribution in [0.25, 0.3) is 0 Å². The molecule has 0 radical (unpaired) electrons. The van der Waals surface area contributed by atoms with E-state index in [1.807, 2.05) is 12.1 Å². The van der Waals surface area contributed by atoms with Crippen LogP contribution in [0, 0.1) is 0 Å². The van der Waals surface area contributed by atoms with E-state index in [0.717, 1.165) is 4.47 Å². The quantitative estimate of drug-likeness (QED) is 0.868. The average molecular weight is 395 g/mol. The molecule has 3 rings (SSSR count). The normalized spacial score (nSPS) is 16.3. The highest BCUT2D eigenvalue weighted by Gasteiger charge is 2.28. The summed E-state index contributed by atoms with van der Waals surface area (Å²) in [5, 5.41) is 2.80. The maximum absolute atomic E-state index is 12.3. The summed E-state index contributed by atoms with van der Waals surface area (Å²) in [7, 11) is -3.25. The number of sulfonamides is 1. The molecule has 0 spiro atoms. The number of carbonyl (C=O) groups is 1. The van der Waals surface area contributed by atoms with Gasteiger partial charge in [-0.15, -0.1) is 0 Å². The summed E-state index contributed by atoms with van der Waals surface area (Å²) in [6.45, 7) is 0.458. The van der Waals surface area contributed by atoms with Crippen molar-refractivity contribution in [2.45, 2.75) is 6.42 Å². The van der Waals surface area contributed by atoms with Gasteiger partial charge in [0, 0.05) is 22.3 Å². The molecule has 1 amide bonds. The molecule has 2 aromatic rings. The molecule has 0 bridgehead atoms. The second-order valence-corrected chi connectivity index (χ2v) is 8.18. The summed E-state index contributed by atoms with van der Waals surface area (Å²) in [5.74, 6) is -0.117. The highest BCUT2D eigenvalue weighted by atomic mass is 79.9. The molecular weight excluding hydrogens is 380 g/mol. The molecule has 1 fully saturated rings. The van der Waals surface area contributed by atoms with Crippen molar-refractivity contribution in [2.75, 3.05) is 21.9 Å². The van der Waals surface area contributed by atoms with E-state index >= 15 is 0 Å². The molecule has 0 aromatic heterocycles. The van der Waals surface area contributed by atoms with E-state index in [9.17, 15) is 13.2 Å². The Kier molecular flexibility index (Phi) is 4.41. The van der Waals surface area contributed by atoms with Gasteiger partial charge in [0.05, 0.1) is 11.4 Å². The molecule has 5 nitrogen and oxygen atoms in total. The number of benzene rings is 2. The van der Waals surface area contributed by atoms with Gasteiger partial charge in [0.25, 0.3) is 5.91 Å². The van der Waals surface area contributed by atoms with Crippen molar-refractivity contribution < 1.29 is 13.2 Å². The molecule has 2 aromatic carbocycles. The molecule has 0 saturated carbocycles. The third-order valence-electron chi connectivity index (χ3n) is 3.60. The lowest BCUT2D eigenvalue weighted by molar-refractivity contribution is 0.102.